The Hall–Kier alpha value is -2.78. The van der Waals surface area contributed by atoms with E-state index in [0.717, 1.165) is 54.3 Å². The maximum absolute atomic E-state index is 10.7. The van der Waals surface area contributed by atoms with Gasteiger partial charge >= 0.3 is 0 Å². The van der Waals surface area contributed by atoms with Crippen LogP contribution in [0.1, 0.15) is 84.7 Å². The SMILES string of the molecule is C=c1c(C)c(O)c(C)c(C)c1=C(c1ccc(C(=c2c(C)c(C)c(O)c(C)c2=C)C(C)(C)C)s1)C(C)(C)C. The van der Waals surface area contributed by atoms with Gasteiger partial charge in [-0.15, -0.1) is 11.3 Å². The zero-order chi connectivity index (χ0) is 28.4. The van der Waals surface area contributed by atoms with E-state index in [1.165, 1.54) is 20.9 Å². The molecule has 1 aromatic heterocycles. The van der Waals surface area contributed by atoms with Gasteiger partial charge in [-0.05, 0) is 130 Å². The molecule has 0 radical (unpaired) electrons. The van der Waals surface area contributed by atoms with Gasteiger partial charge in [0.2, 0.25) is 0 Å². The topological polar surface area (TPSA) is 40.5 Å². The first kappa shape index (κ1) is 28.8. The lowest BCUT2D eigenvalue weighted by Crippen LogP contribution is -2.36. The summed E-state index contributed by atoms with van der Waals surface area (Å²) in [7, 11) is 0. The van der Waals surface area contributed by atoms with Crippen molar-refractivity contribution in [3.63, 3.8) is 0 Å². The standard InChI is InChI=1S/C34H44O2S/c1-17-21(5)31(35)22(6)18(2)27(17)29(33(9,10)11)25-15-16-26(37-25)30(34(12,13)14)28-19(3)23(7)32(36)24(8)20(28)4/h15-16,35-36H,1,3H2,2,4-14H3. The maximum atomic E-state index is 10.7. The van der Waals surface area contributed by atoms with Crippen LogP contribution in [0.15, 0.2) is 12.1 Å². The summed E-state index contributed by atoms with van der Waals surface area (Å²) in [5.74, 6) is 0.678. The number of phenolic OH excluding ortho intramolecular Hbond substituents is 2. The van der Waals surface area contributed by atoms with Crippen molar-refractivity contribution in [2.45, 2.75) is 83.1 Å². The number of aromatic hydroxyl groups is 2. The largest absolute Gasteiger partial charge is 0.507 e. The van der Waals surface area contributed by atoms with Crippen molar-refractivity contribution in [2.24, 2.45) is 10.8 Å². The van der Waals surface area contributed by atoms with Crippen molar-refractivity contribution >= 4 is 35.6 Å². The minimum atomic E-state index is -0.143. The number of benzene rings is 2. The van der Waals surface area contributed by atoms with Gasteiger partial charge in [-0.25, -0.2) is 0 Å². The molecule has 1 heterocycles. The summed E-state index contributed by atoms with van der Waals surface area (Å²) < 4.78 is 0. The third-order valence-electron chi connectivity index (χ3n) is 7.90. The number of thiophene rings is 1. The fraction of sp³-hybridized carbons (Fsp3) is 0.412. The fourth-order valence-electron chi connectivity index (χ4n) is 5.43. The summed E-state index contributed by atoms with van der Waals surface area (Å²) in [4.78, 5) is 2.41. The average molecular weight is 517 g/mol. The molecular weight excluding hydrogens is 472 g/mol. The zero-order valence-corrected chi connectivity index (χ0v) is 25.7. The molecule has 2 aromatic carbocycles. The number of hydrogen-bond acceptors (Lipinski definition) is 3. The van der Waals surface area contributed by atoms with Gasteiger partial charge in [0.15, 0.2) is 0 Å². The van der Waals surface area contributed by atoms with E-state index in [1.54, 1.807) is 11.3 Å². The fourth-order valence-corrected chi connectivity index (χ4v) is 6.95. The molecule has 0 aliphatic heterocycles. The Morgan fingerprint density at radius 3 is 1.14 bits per heavy atom. The van der Waals surface area contributed by atoms with E-state index >= 15 is 0 Å². The molecule has 0 amide bonds. The van der Waals surface area contributed by atoms with Crippen LogP contribution in [0.3, 0.4) is 0 Å². The Bertz CT molecular complexity index is 1510. The van der Waals surface area contributed by atoms with Crippen molar-refractivity contribution in [3.05, 3.63) is 76.1 Å². The zero-order valence-electron chi connectivity index (χ0n) is 24.9. The van der Waals surface area contributed by atoms with E-state index in [2.05, 4.69) is 80.7 Å². The summed E-state index contributed by atoms with van der Waals surface area (Å²) in [5.41, 5.74) is 7.86. The molecule has 198 valence electrons. The van der Waals surface area contributed by atoms with E-state index in [0.29, 0.717) is 11.5 Å². The van der Waals surface area contributed by atoms with Gasteiger partial charge in [0.1, 0.15) is 11.5 Å². The van der Waals surface area contributed by atoms with Gasteiger partial charge in [-0.2, -0.15) is 0 Å². The molecule has 3 heteroatoms. The predicted molar refractivity (Wildman–Crippen MR) is 162 cm³/mol. The van der Waals surface area contributed by atoms with Crippen LogP contribution in [0.25, 0.3) is 24.3 Å². The van der Waals surface area contributed by atoms with Gasteiger partial charge < -0.3 is 10.2 Å². The normalized spacial score (nSPS) is 14.2. The molecule has 2 N–H and O–H groups in total. The van der Waals surface area contributed by atoms with E-state index in [4.69, 9.17) is 0 Å². The molecule has 0 spiro atoms. The van der Waals surface area contributed by atoms with Crippen LogP contribution in [0, 0.1) is 52.4 Å². The van der Waals surface area contributed by atoms with Crippen molar-refractivity contribution in [2.75, 3.05) is 0 Å². The molecule has 0 fully saturated rings. The third kappa shape index (κ3) is 4.79. The number of hydrogen-bond donors (Lipinski definition) is 2. The van der Waals surface area contributed by atoms with Crippen molar-refractivity contribution < 1.29 is 10.2 Å². The second-order valence-corrected chi connectivity index (χ2v) is 13.7. The van der Waals surface area contributed by atoms with Crippen LogP contribution in [-0.4, -0.2) is 10.2 Å². The highest BCUT2D eigenvalue weighted by Gasteiger charge is 2.27. The van der Waals surface area contributed by atoms with E-state index < -0.39 is 0 Å². The molecule has 0 aliphatic carbocycles. The lowest BCUT2D eigenvalue weighted by Gasteiger charge is -2.26. The van der Waals surface area contributed by atoms with Gasteiger partial charge in [-0.1, -0.05) is 54.7 Å². The van der Waals surface area contributed by atoms with Gasteiger partial charge in [0, 0.05) is 9.75 Å². The predicted octanol–water partition coefficient (Wildman–Crippen LogP) is 6.32. The highest BCUT2D eigenvalue weighted by molar-refractivity contribution is 7.14. The minimum Gasteiger partial charge on any atom is -0.507 e. The Labute approximate surface area is 227 Å². The van der Waals surface area contributed by atoms with Crippen molar-refractivity contribution in [1.29, 1.82) is 0 Å². The van der Waals surface area contributed by atoms with E-state index in [1.807, 2.05) is 27.7 Å². The molecule has 0 saturated carbocycles. The molecule has 0 aliphatic rings. The Morgan fingerprint density at radius 2 is 0.865 bits per heavy atom. The minimum absolute atomic E-state index is 0.143. The highest BCUT2D eigenvalue weighted by Crippen LogP contribution is 2.41. The molecule has 37 heavy (non-hydrogen) atoms. The van der Waals surface area contributed by atoms with Crippen LogP contribution in [-0.2, 0) is 0 Å². The average Bonchev–Trinajstić information content (AvgIpc) is 3.25. The summed E-state index contributed by atoms with van der Waals surface area (Å²) in [6, 6.07) is 4.47. The number of phenols is 2. The summed E-state index contributed by atoms with van der Waals surface area (Å²) in [5, 5.41) is 25.4. The first-order valence-corrected chi connectivity index (χ1v) is 13.8. The van der Waals surface area contributed by atoms with Crippen molar-refractivity contribution in [3.8, 4) is 11.5 Å². The third-order valence-corrected chi connectivity index (χ3v) is 9.02. The molecule has 0 atom stereocenters. The molecule has 3 aromatic rings. The Kier molecular flexibility index (Phi) is 7.40. The van der Waals surface area contributed by atoms with Crippen molar-refractivity contribution in [1.82, 2.24) is 0 Å². The second-order valence-electron chi connectivity index (χ2n) is 12.6. The smallest absolute Gasteiger partial charge is 0.122 e. The Morgan fingerprint density at radius 1 is 0.568 bits per heavy atom. The molecule has 2 nitrogen and oxygen atoms in total. The lowest BCUT2D eigenvalue weighted by molar-refractivity contribution is 0.464. The summed E-state index contributed by atoms with van der Waals surface area (Å²) in [6.45, 7) is 34.4. The molecule has 0 unspecified atom stereocenters. The van der Waals surface area contributed by atoms with Crippen LogP contribution in [0.5, 0.6) is 11.5 Å². The number of rotatable bonds is 2. The van der Waals surface area contributed by atoms with Gasteiger partial charge in [0.25, 0.3) is 0 Å². The monoisotopic (exact) mass is 516 g/mol. The quantitative estimate of drug-likeness (QED) is 0.418. The van der Waals surface area contributed by atoms with Crippen LogP contribution in [0.2, 0.25) is 0 Å². The first-order valence-electron chi connectivity index (χ1n) is 13.0. The molecule has 3 rings (SSSR count). The van der Waals surface area contributed by atoms with Crippen LogP contribution < -0.4 is 20.9 Å². The summed E-state index contributed by atoms with van der Waals surface area (Å²) in [6.07, 6.45) is 0. The first-order chi connectivity index (χ1) is 16.8. The highest BCUT2D eigenvalue weighted by atomic mass is 32.1. The summed E-state index contributed by atoms with van der Waals surface area (Å²) >= 11 is 1.80. The second kappa shape index (κ2) is 9.51. The molecule has 0 bridgehead atoms. The maximum Gasteiger partial charge on any atom is 0.122 e. The lowest BCUT2D eigenvalue weighted by atomic mass is 9.81. The van der Waals surface area contributed by atoms with Crippen LogP contribution >= 0.6 is 11.3 Å². The van der Waals surface area contributed by atoms with E-state index in [-0.39, 0.29) is 10.8 Å². The van der Waals surface area contributed by atoms with E-state index in [9.17, 15) is 10.2 Å². The van der Waals surface area contributed by atoms with Gasteiger partial charge in [0.05, 0.1) is 0 Å². The molecule has 0 saturated heterocycles. The van der Waals surface area contributed by atoms with Gasteiger partial charge in [-0.3, -0.25) is 0 Å². The Balaban J connectivity index is 2.57. The van der Waals surface area contributed by atoms with Crippen LogP contribution in [0.4, 0.5) is 0 Å². The molecular formula is C34H44O2S.